The lowest BCUT2D eigenvalue weighted by atomic mass is 10.5. The van der Waals surface area contributed by atoms with Crippen LogP contribution in [-0.4, -0.2) is 16.9 Å². The number of urea groups is 1. The molecule has 1 radical (unpaired) electrons. The van der Waals surface area contributed by atoms with E-state index >= 15 is 0 Å². The molecule has 5 heteroatoms. The Hall–Kier alpha value is -1.91. The number of aromatic nitrogens is 1. The number of carbonyl (C=O) groups excluding carboxylic acids is 2. The molecule has 0 fully saturated rings. The molecule has 5 nitrogen and oxygen atoms in total. The van der Waals surface area contributed by atoms with Crippen LogP contribution in [0.1, 0.15) is 0 Å². The quantitative estimate of drug-likeness (QED) is 0.660. The summed E-state index contributed by atoms with van der Waals surface area (Å²) in [6, 6.07) is 4.40. The van der Waals surface area contributed by atoms with Crippen LogP contribution in [0, 0.1) is 6.92 Å². The number of nitrogens with zero attached hydrogens (tertiary/aromatic N) is 1. The van der Waals surface area contributed by atoms with Crippen molar-refractivity contribution in [3.63, 3.8) is 0 Å². The Morgan fingerprint density at radius 2 is 2.15 bits per heavy atom. The molecule has 0 saturated carbocycles. The summed E-state index contributed by atoms with van der Waals surface area (Å²) < 4.78 is 0. The van der Waals surface area contributed by atoms with Crippen molar-refractivity contribution < 1.29 is 9.59 Å². The summed E-state index contributed by atoms with van der Waals surface area (Å²) in [5.41, 5.74) is 0. The van der Waals surface area contributed by atoms with Crippen molar-refractivity contribution in [3.05, 3.63) is 31.3 Å². The Bertz CT molecular complexity index is 310. The predicted molar refractivity (Wildman–Crippen MR) is 46.8 cm³/mol. The molecule has 1 aromatic heterocycles. The van der Waals surface area contributed by atoms with Crippen LogP contribution in [0.15, 0.2) is 24.4 Å². The van der Waals surface area contributed by atoms with Gasteiger partial charge in [0.25, 0.3) is 0 Å². The average molecular weight is 178 g/mol. The molecule has 0 spiro atoms. The van der Waals surface area contributed by atoms with Gasteiger partial charge in [-0.3, -0.25) is 15.4 Å². The second-order valence-corrected chi connectivity index (χ2v) is 2.22. The second-order valence-electron chi connectivity index (χ2n) is 2.22. The van der Waals surface area contributed by atoms with Crippen LogP contribution in [0.3, 0.4) is 0 Å². The fourth-order valence-electron chi connectivity index (χ4n) is 0.711. The lowest BCUT2D eigenvalue weighted by Gasteiger charge is -2.02. The van der Waals surface area contributed by atoms with Crippen LogP contribution in [0.5, 0.6) is 0 Å². The summed E-state index contributed by atoms with van der Waals surface area (Å²) in [6.07, 6.45) is 1.53. The van der Waals surface area contributed by atoms with Crippen molar-refractivity contribution in [1.82, 2.24) is 10.3 Å². The lowest BCUT2D eigenvalue weighted by Crippen LogP contribution is -2.32. The average Bonchev–Trinajstić information content (AvgIpc) is 2.04. The van der Waals surface area contributed by atoms with Crippen LogP contribution < -0.4 is 10.6 Å². The fourth-order valence-corrected chi connectivity index (χ4v) is 0.711. The number of anilines is 1. The second kappa shape index (κ2) is 4.20. The molecule has 1 rings (SSSR count). The Morgan fingerprint density at radius 1 is 1.38 bits per heavy atom. The van der Waals surface area contributed by atoms with Gasteiger partial charge in [-0.15, -0.1) is 0 Å². The van der Waals surface area contributed by atoms with E-state index in [-0.39, 0.29) is 0 Å². The highest BCUT2D eigenvalue weighted by Gasteiger charge is 2.02. The molecule has 0 atom stereocenters. The molecule has 67 valence electrons. The summed E-state index contributed by atoms with van der Waals surface area (Å²) in [4.78, 5) is 25.1. The van der Waals surface area contributed by atoms with Crippen molar-refractivity contribution in [1.29, 1.82) is 0 Å². The molecule has 0 saturated heterocycles. The molecule has 1 heterocycles. The minimum atomic E-state index is -0.659. The largest absolute Gasteiger partial charge is 0.327 e. The first-order valence-electron chi connectivity index (χ1n) is 3.53. The summed E-state index contributed by atoms with van der Waals surface area (Å²) in [7, 11) is 0. The van der Waals surface area contributed by atoms with Gasteiger partial charge >= 0.3 is 6.03 Å². The van der Waals surface area contributed by atoms with Gasteiger partial charge in [0.2, 0.25) is 5.91 Å². The molecule has 0 aliphatic heterocycles. The Balaban J connectivity index is 2.50. The topological polar surface area (TPSA) is 71.1 Å². The van der Waals surface area contributed by atoms with Crippen molar-refractivity contribution in [2.75, 3.05) is 5.32 Å². The van der Waals surface area contributed by atoms with Gasteiger partial charge < -0.3 is 0 Å². The van der Waals surface area contributed by atoms with Crippen LogP contribution in [0.2, 0.25) is 0 Å². The third kappa shape index (κ3) is 3.33. The maximum atomic E-state index is 10.9. The van der Waals surface area contributed by atoms with E-state index in [4.69, 9.17) is 0 Å². The van der Waals surface area contributed by atoms with Gasteiger partial charge in [0.05, 0.1) is 0 Å². The van der Waals surface area contributed by atoms with Gasteiger partial charge in [-0.1, -0.05) is 6.07 Å². The van der Waals surface area contributed by atoms with Crippen molar-refractivity contribution in [3.8, 4) is 0 Å². The normalized spacial score (nSPS) is 9.00. The smallest absolute Gasteiger partial charge is 0.292 e. The number of nitrogens with one attached hydrogen (secondary N) is 2. The minimum Gasteiger partial charge on any atom is -0.292 e. The van der Waals surface area contributed by atoms with Gasteiger partial charge in [0.15, 0.2) is 0 Å². The number of rotatable bonds is 1. The first-order chi connectivity index (χ1) is 6.18. The third-order valence-corrected chi connectivity index (χ3v) is 1.16. The van der Waals surface area contributed by atoms with Gasteiger partial charge in [0.1, 0.15) is 5.82 Å². The van der Waals surface area contributed by atoms with E-state index in [1.807, 2.05) is 5.32 Å². The standard InChI is InChI=1S/C8H8N3O2/c1-6(12)10-8(13)11-7-4-2-3-5-9-7/h2-5H,1H2,(H2,9,10,11,12,13). The van der Waals surface area contributed by atoms with Crippen LogP contribution >= 0.6 is 0 Å². The molecular formula is C8H8N3O2. The molecule has 0 aliphatic rings. The number of hydrogen-bond acceptors (Lipinski definition) is 3. The summed E-state index contributed by atoms with van der Waals surface area (Å²) in [5, 5.41) is 4.30. The van der Waals surface area contributed by atoms with E-state index in [1.165, 1.54) is 6.20 Å². The zero-order valence-electron chi connectivity index (χ0n) is 6.78. The molecule has 0 unspecified atom stereocenters. The van der Waals surface area contributed by atoms with Gasteiger partial charge in [-0.05, 0) is 12.1 Å². The zero-order chi connectivity index (χ0) is 9.68. The first-order valence-corrected chi connectivity index (χ1v) is 3.53. The van der Waals surface area contributed by atoms with E-state index < -0.39 is 11.9 Å². The van der Waals surface area contributed by atoms with Gasteiger partial charge in [-0.2, -0.15) is 0 Å². The van der Waals surface area contributed by atoms with Gasteiger partial charge in [0, 0.05) is 13.1 Å². The highest BCUT2D eigenvalue weighted by atomic mass is 16.2. The predicted octanol–water partition coefficient (Wildman–Crippen LogP) is 0.564. The lowest BCUT2D eigenvalue weighted by molar-refractivity contribution is -0.115. The Kier molecular flexibility index (Phi) is 2.97. The summed E-state index contributed by atoms with van der Waals surface area (Å²) >= 11 is 0. The van der Waals surface area contributed by atoms with E-state index in [0.29, 0.717) is 5.82 Å². The molecule has 3 amide bonds. The first kappa shape index (κ1) is 9.18. The number of pyridine rings is 1. The van der Waals surface area contributed by atoms with Crippen molar-refractivity contribution in [2.24, 2.45) is 0 Å². The van der Waals surface area contributed by atoms with E-state index in [1.54, 1.807) is 18.2 Å². The number of imide groups is 1. The maximum absolute atomic E-state index is 10.9. The number of hydrogen-bond donors (Lipinski definition) is 2. The molecule has 13 heavy (non-hydrogen) atoms. The molecule has 1 aromatic rings. The van der Waals surface area contributed by atoms with Crippen LogP contribution in [-0.2, 0) is 4.79 Å². The van der Waals surface area contributed by atoms with Gasteiger partial charge in [-0.25, -0.2) is 9.78 Å². The van der Waals surface area contributed by atoms with Crippen molar-refractivity contribution >= 4 is 17.8 Å². The fraction of sp³-hybridized carbons (Fsp3) is 0. The zero-order valence-corrected chi connectivity index (χ0v) is 6.78. The molecule has 0 aliphatic carbocycles. The highest BCUT2D eigenvalue weighted by Crippen LogP contribution is 1.98. The maximum Gasteiger partial charge on any atom is 0.327 e. The number of amides is 3. The van der Waals surface area contributed by atoms with E-state index in [0.717, 1.165) is 0 Å². The van der Waals surface area contributed by atoms with Crippen LogP contribution in [0.25, 0.3) is 0 Å². The Labute approximate surface area is 75.2 Å². The van der Waals surface area contributed by atoms with E-state index in [2.05, 4.69) is 17.2 Å². The highest BCUT2D eigenvalue weighted by molar-refractivity contribution is 6.02. The third-order valence-electron chi connectivity index (χ3n) is 1.16. The Morgan fingerprint density at radius 3 is 2.69 bits per heavy atom. The SMILES string of the molecule is [CH2]C(=O)NC(=O)Nc1ccccn1. The molecule has 0 aromatic carbocycles. The minimum absolute atomic E-state index is 0.376. The monoisotopic (exact) mass is 178 g/mol. The van der Waals surface area contributed by atoms with E-state index in [9.17, 15) is 9.59 Å². The molecule has 0 bridgehead atoms. The molecule has 2 N–H and O–H groups in total. The number of carbonyl (C=O) groups is 2. The molecular weight excluding hydrogens is 170 g/mol. The summed E-state index contributed by atoms with van der Waals surface area (Å²) in [6.45, 7) is 2.99. The summed E-state index contributed by atoms with van der Waals surface area (Å²) in [5.74, 6) is -0.283. The van der Waals surface area contributed by atoms with Crippen molar-refractivity contribution in [2.45, 2.75) is 0 Å². The van der Waals surface area contributed by atoms with Crippen LogP contribution in [0.4, 0.5) is 10.6 Å².